The molecule has 0 aromatic carbocycles. The van der Waals surface area contributed by atoms with Gasteiger partial charge in [0.05, 0.1) is 0 Å². The Morgan fingerprint density at radius 1 is 1.11 bits per heavy atom. The molecule has 0 saturated carbocycles. The van der Waals surface area contributed by atoms with Gasteiger partial charge in [-0.05, 0) is 0 Å². The van der Waals surface area contributed by atoms with Crippen molar-refractivity contribution >= 4 is 55.1 Å². The van der Waals surface area contributed by atoms with E-state index in [0.717, 1.165) is 9.77 Å². The van der Waals surface area contributed by atoms with Crippen molar-refractivity contribution in [3.05, 3.63) is 28.5 Å². The molecule has 6 heteroatoms. The molecule has 1 aromatic heterocycles. The summed E-state index contributed by atoms with van der Waals surface area (Å²) in [5.41, 5.74) is 1.39. The molecule has 0 aliphatic rings. The molecule has 0 atom stereocenters. The minimum atomic E-state index is -1.19. The van der Waals surface area contributed by atoms with Crippen LogP contribution >= 0.6 is 15.9 Å². The van der Waals surface area contributed by atoms with Crippen molar-refractivity contribution in [3.8, 4) is 0 Å². The molecule has 1 nitrogen and oxygen atoms in total. The van der Waals surface area contributed by atoms with Gasteiger partial charge in [-0.2, -0.15) is 5.56 Å². The van der Waals surface area contributed by atoms with Crippen molar-refractivity contribution < 1.29 is 12.4 Å². The van der Waals surface area contributed by atoms with Crippen molar-refractivity contribution in [1.82, 2.24) is 4.98 Å². The van der Waals surface area contributed by atoms with Crippen molar-refractivity contribution in [2.24, 2.45) is 0 Å². The van der Waals surface area contributed by atoms with E-state index >= 15 is 0 Å². The van der Waals surface area contributed by atoms with E-state index in [-0.39, 0.29) is 35.5 Å². The Morgan fingerprint density at radius 2 is 1.56 bits per heavy atom. The quantitative estimate of drug-likeness (QED) is 0.438. The van der Waals surface area contributed by atoms with E-state index in [1.807, 2.05) is 6.20 Å². The van der Waals surface area contributed by atoms with Crippen LogP contribution in [0.1, 0.15) is 10.7 Å². The van der Waals surface area contributed by atoms with Gasteiger partial charge in [-0.3, -0.25) is 4.98 Å². The second-order valence-electron chi connectivity index (χ2n) is 6.50. The zero-order valence-corrected chi connectivity index (χ0v) is 17.9. The molecular formula is C12H21BrClMgNSi2. The monoisotopic (exact) mass is 373 g/mol. The first-order valence-corrected chi connectivity index (χ1v) is 13.6. The smallest absolute Gasteiger partial charge is 1.00 e. The fourth-order valence-corrected chi connectivity index (χ4v) is 15.7. The molecule has 0 fully saturated rings. The topological polar surface area (TPSA) is 12.9 Å². The minimum Gasteiger partial charge on any atom is -1.00 e. The standard InChI is InChI=1S/C12H21BrNSi2.ClH.Mg/c1-15(2,3)12(16(4,5)6)10-7-8-11(13)14-9-10;;/h7,9,12H,1-6H3;1H;/q-1;;+2/p-1. The first-order valence-electron chi connectivity index (χ1n) is 5.65. The van der Waals surface area contributed by atoms with Crippen LogP contribution in [0.5, 0.6) is 0 Å². The van der Waals surface area contributed by atoms with E-state index in [4.69, 9.17) is 0 Å². The van der Waals surface area contributed by atoms with Gasteiger partial charge < -0.3 is 12.4 Å². The van der Waals surface area contributed by atoms with Crippen LogP contribution in [-0.2, 0) is 0 Å². The Labute approximate surface area is 144 Å². The predicted octanol–water partition coefficient (Wildman–Crippen LogP) is 1.11. The summed E-state index contributed by atoms with van der Waals surface area (Å²) >= 11 is 3.35. The average molecular weight is 375 g/mol. The van der Waals surface area contributed by atoms with E-state index in [9.17, 15) is 0 Å². The Balaban J connectivity index is 0. The van der Waals surface area contributed by atoms with Crippen LogP contribution in [0.2, 0.25) is 39.3 Å². The summed E-state index contributed by atoms with van der Waals surface area (Å²) in [5.74, 6) is 0. The zero-order valence-electron chi connectivity index (χ0n) is 12.1. The summed E-state index contributed by atoms with van der Waals surface area (Å²) in [4.78, 5) is 4.33. The van der Waals surface area contributed by atoms with Gasteiger partial charge in [0.15, 0.2) is 0 Å². The Kier molecular flexibility index (Phi) is 9.26. The Hall–Kier alpha value is 1.12. The molecule has 1 rings (SSSR count). The van der Waals surface area contributed by atoms with Crippen LogP contribution in [-0.4, -0.2) is 44.2 Å². The van der Waals surface area contributed by atoms with Crippen LogP contribution in [0.15, 0.2) is 16.9 Å². The van der Waals surface area contributed by atoms with E-state index < -0.39 is 16.1 Å². The number of hydrogen-bond acceptors (Lipinski definition) is 1. The third-order valence-electron chi connectivity index (χ3n) is 2.75. The summed E-state index contributed by atoms with van der Waals surface area (Å²) in [6.07, 6.45) is 2.03. The van der Waals surface area contributed by atoms with Gasteiger partial charge in [0.25, 0.3) is 0 Å². The van der Waals surface area contributed by atoms with Gasteiger partial charge in [0.2, 0.25) is 0 Å². The molecule has 0 aliphatic heterocycles. The molecular weight excluding hydrogens is 354 g/mol. The fourth-order valence-electron chi connectivity index (χ4n) is 2.81. The van der Waals surface area contributed by atoms with Crippen LogP contribution in [0.4, 0.5) is 0 Å². The SMILES string of the molecule is C[Si](C)(C)C(c1c[c-]c(Br)nc1)[Si](C)(C)C.[Cl-].[Mg+2]. The number of rotatable bonds is 3. The van der Waals surface area contributed by atoms with E-state index in [1.165, 1.54) is 5.56 Å². The van der Waals surface area contributed by atoms with E-state index in [0.29, 0.717) is 0 Å². The Bertz CT molecular complexity index is 346. The number of aromatic nitrogens is 1. The second kappa shape index (κ2) is 7.78. The number of pyridine rings is 1. The first kappa shape index (κ1) is 21.4. The summed E-state index contributed by atoms with van der Waals surface area (Å²) in [6.45, 7) is 14.7. The fraction of sp³-hybridized carbons (Fsp3) is 0.583. The molecule has 1 aromatic rings. The molecule has 0 saturated heterocycles. The van der Waals surface area contributed by atoms with Gasteiger partial charge in [0.1, 0.15) is 0 Å². The number of hydrogen-bond donors (Lipinski definition) is 0. The van der Waals surface area contributed by atoms with E-state index in [2.05, 4.69) is 72.3 Å². The maximum absolute atomic E-state index is 4.33. The third kappa shape index (κ3) is 6.05. The van der Waals surface area contributed by atoms with Crippen LogP contribution in [0.3, 0.4) is 0 Å². The van der Waals surface area contributed by atoms with Crippen LogP contribution < -0.4 is 12.4 Å². The zero-order chi connectivity index (χ0) is 12.6. The molecule has 0 amide bonds. The van der Waals surface area contributed by atoms with Crippen molar-refractivity contribution in [1.29, 1.82) is 0 Å². The Morgan fingerprint density at radius 3 is 1.83 bits per heavy atom. The molecule has 0 bridgehead atoms. The van der Waals surface area contributed by atoms with Crippen molar-refractivity contribution in [2.45, 2.75) is 44.4 Å². The van der Waals surface area contributed by atoms with E-state index in [1.54, 1.807) is 0 Å². The number of halogens is 2. The van der Waals surface area contributed by atoms with Crippen molar-refractivity contribution in [3.63, 3.8) is 0 Å². The average Bonchev–Trinajstić information content (AvgIpc) is 2.03. The maximum atomic E-state index is 4.33. The van der Waals surface area contributed by atoms with Gasteiger partial charge >= 0.3 is 23.1 Å². The van der Waals surface area contributed by atoms with Crippen molar-refractivity contribution in [2.75, 3.05) is 0 Å². The largest absolute Gasteiger partial charge is 2.00 e. The summed E-state index contributed by atoms with van der Waals surface area (Å²) in [6, 6.07) is 5.30. The normalized spacial score (nSPS) is 11.8. The van der Waals surface area contributed by atoms with Crippen LogP contribution in [0.25, 0.3) is 0 Å². The predicted molar refractivity (Wildman–Crippen MR) is 86.0 cm³/mol. The summed E-state index contributed by atoms with van der Waals surface area (Å²) in [5, 5.41) is 0.747. The minimum absolute atomic E-state index is 0. The molecule has 0 N–H and O–H groups in total. The molecule has 98 valence electrons. The van der Waals surface area contributed by atoms with Gasteiger partial charge in [-0.1, -0.05) is 66.6 Å². The van der Waals surface area contributed by atoms with Gasteiger partial charge in [-0.25, -0.2) is 12.1 Å². The summed E-state index contributed by atoms with van der Waals surface area (Å²) in [7, 11) is -2.39. The third-order valence-corrected chi connectivity index (χ3v) is 12.5. The molecule has 1 heterocycles. The molecule has 0 radical (unpaired) electrons. The molecule has 18 heavy (non-hydrogen) atoms. The molecule has 0 aliphatic carbocycles. The van der Waals surface area contributed by atoms with Crippen LogP contribution in [0, 0.1) is 6.07 Å². The second-order valence-corrected chi connectivity index (χ2v) is 18.5. The maximum Gasteiger partial charge on any atom is 2.00 e. The summed E-state index contributed by atoms with van der Waals surface area (Å²) < 4.78 is 0.807. The first-order chi connectivity index (χ1) is 7.12. The molecule has 0 spiro atoms. The van der Waals surface area contributed by atoms with Gasteiger partial charge in [0, 0.05) is 20.8 Å². The molecule has 0 unspecified atom stereocenters. The number of nitrogens with zero attached hydrogens (tertiary/aromatic N) is 1. The van der Waals surface area contributed by atoms with Gasteiger partial charge in [-0.15, -0.1) is 0 Å².